The van der Waals surface area contributed by atoms with Crippen molar-refractivity contribution < 1.29 is 0 Å². The van der Waals surface area contributed by atoms with E-state index in [1.54, 1.807) is 0 Å². The maximum atomic E-state index is 3.62. The van der Waals surface area contributed by atoms with Gasteiger partial charge in [-0.2, -0.15) is 0 Å². The molecule has 1 nitrogen and oxygen atoms in total. The Bertz CT molecular complexity index is 144. The molecule has 3 atom stereocenters. The Hall–Kier alpha value is -0.0400. The van der Waals surface area contributed by atoms with E-state index in [2.05, 4.69) is 39.9 Å². The predicted octanol–water partition coefficient (Wildman–Crippen LogP) is 4.62. The topological polar surface area (TPSA) is 12.0 Å². The van der Waals surface area contributed by atoms with E-state index in [0.29, 0.717) is 6.04 Å². The molecule has 0 aliphatic heterocycles. The van der Waals surface area contributed by atoms with E-state index in [1.807, 2.05) is 0 Å². The zero-order valence-corrected chi connectivity index (χ0v) is 12.2. The molecule has 0 spiro atoms. The van der Waals surface area contributed by atoms with Crippen LogP contribution in [0.3, 0.4) is 0 Å². The highest BCUT2D eigenvalue weighted by molar-refractivity contribution is 4.71. The summed E-state index contributed by atoms with van der Waals surface area (Å²) in [6.45, 7) is 12.8. The molecule has 0 radical (unpaired) electrons. The van der Waals surface area contributed by atoms with Gasteiger partial charge < -0.3 is 5.32 Å². The zero-order chi connectivity index (χ0) is 12.4. The Labute approximate surface area is 103 Å². The molecule has 1 heteroatoms. The Morgan fingerprint density at radius 2 is 1.69 bits per heavy atom. The Balaban J connectivity index is 3.83. The molecule has 0 rings (SSSR count). The molecule has 0 saturated carbocycles. The summed E-state index contributed by atoms with van der Waals surface area (Å²) >= 11 is 0. The molecule has 98 valence electrons. The van der Waals surface area contributed by atoms with E-state index in [0.717, 1.165) is 18.4 Å². The van der Waals surface area contributed by atoms with Crippen LogP contribution in [0.4, 0.5) is 0 Å². The fraction of sp³-hybridized carbons (Fsp3) is 1.00. The average molecular weight is 227 g/mol. The number of rotatable bonds is 10. The van der Waals surface area contributed by atoms with Crippen molar-refractivity contribution in [3.05, 3.63) is 0 Å². The van der Waals surface area contributed by atoms with E-state index in [9.17, 15) is 0 Å². The standard InChI is InChI=1S/C15H33N/c1-6-9-10-15(8-3)12-13(4)14(5)16-11-7-2/h13-16H,6-12H2,1-5H3. The number of hydrogen-bond acceptors (Lipinski definition) is 1. The van der Waals surface area contributed by atoms with Crippen LogP contribution in [0.15, 0.2) is 0 Å². The largest absolute Gasteiger partial charge is 0.314 e. The lowest BCUT2D eigenvalue weighted by Crippen LogP contribution is -2.33. The van der Waals surface area contributed by atoms with Crippen LogP contribution < -0.4 is 5.32 Å². The van der Waals surface area contributed by atoms with Crippen molar-refractivity contribution >= 4 is 0 Å². The minimum atomic E-state index is 0.677. The van der Waals surface area contributed by atoms with Gasteiger partial charge in [-0.3, -0.25) is 0 Å². The van der Waals surface area contributed by atoms with Crippen LogP contribution in [0.2, 0.25) is 0 Å². The molecule has 0 heterocycles. The molecular formula is C15H33N. The highest BCUT2D eigenvalue weighted by atomic mass is 14.9. The lowest BCUT2D eigenvalue weighted by atomic mass is 9.86. The smallest absolute Gasteiger partial charge is 0.00644 e. The fourth-order valence-electron chi connectivity index (χ4n) is 2.28. The van der Waals surface area contributed by atoms with E-state index < -0.39 is 0 Å². The minimum absolute atomic E-state index is 0.677. The van der Waals surface area contributed by atoms with Gasteiger partial charge in [-0.15, -0.1) is 0 Å². The van der Waals surface area contributed by atoms with Crippen LogP contribution in [0.5, 0.6) is 0 Å². The lowest BCUT2D eigenvalue weighted by molar-refractivity contribution is 0.298. The molecule has 0 aromatic rings. The maximum Gasteiger partial charge on any atom is 0.00644 e. The molecule has 0 aromatic heterocycles. The van der Waals surface area contributed by atoms with Crippen molar-refractivity contribution in [1.29, 1.82) is 0 Å². The first-order valence-corrected chi connectivity index (χ1v) is 7.38. The highest BCUT2D eigenvalue weighted by Crippen LogP contribution is 2.23. The van der Waals surface area contributed by atoms with E-state index in [4.69, 9.17) is 0 Å². The summed E-state index contributed by atoms with van der Waals surface area (Å²) in [7, 11) is 0. The molecule has 0 fully saturated rings. The molecule has 0 saturated heterocycles. The van der Waals surface area contributed by atoms with E-state index in [-0.39, 0.29) is 0 Å². The Morgan fingerprint density at radius 1 is 1.00 bits per heavy atom. The summed E-state index contributed by atoms with van der Waals surface area (Å²) < 4.78 is 0. The summed E-state index contributed by atoms with van der Waals surface area (Å²) in [6.07, 6.45) is 8.16. The molecule has 0 aliphatic rings. The second kappa shape index (κ2) is 10.1. The van der Waals surface area contributed by atoms with Gasteiger partial charge in [0.05, 0.1) is 0 Å². The molecule has 1 N–H and O–H groups in total. The Morgan fingerprint density at radius 3 is 2.19 bits per heavy atom. The fourth-order valence-corrected chi connectivity index (χ4v) is 2.28. The normalized spacial score (nSPS) is 17.1. The summed E-state index contributed by atoms with van der Waals surface area (Å²) in [5.41, 5.74) is 0. The van der Waals surface area contributed by atoms with Crippen LogP contribution in [0.25, 0.3) is 0 Å². The molecule has 16 heavy (non-hydrogen) atoms. The van der Waals surface area contributed by atoms with E-state index in [1.165, 1.54) is 38.5 Å². The van der Waals surface area contributed by atoms with Crippen molar-refractivity contribution in [3.63, 3.8) is 0 Å². The average Bonchev–Trinajstić information content (AvgIpc) is 2.30. The Kier molecular flexibility index (Phi) is 10.1. The van der Waals surface area contributed by atoms with Gasteiger partial charge in [0.1, 0.15) is 0 Å². The number of unbranched alkanes of at least 4 members (excludes halogenated alkanes) is 1. The van der Waals surface area contributed by atoms with Gasteiger partial charge in [0.15, 0.2) is 0 Å². The molecule has 0 bridgehead atoms. The molecule has 0 aliphatic carbocycles. The summed E-state index contributed by atoms with van der Waals surface area (Å²) in [5.74, 6) is 1.76. The van der Waals surface area contributed by atoms with Crippen LogP contribution in [-0.2, 0) is 0 Å². The third-order valence-electron chi connectivity index (χ3n) is 3.82. The first-order chi connectivity index (χ1) is 7.65. The van der Waals surface area contributed by atoms with Crippen molar-refractivity contribution in [3.8, 4) is 0 Å². The molecule has 0 amide bonds. The van der Waals surface area contributed by atoms with Crippen molar-refractivity contribution in [2.75, 3.05) is 6.54 Å². The third-order valence-corrected chi connectivity index (χ3v) is 3.82. The second-order valence-electron chi connectivity index (χ2n) is 5.37. The quantitative estimate of drug-likeness (QED) is 0.574. The highest BCUT2D eigenvalue weighted by Gasteiger charge is 2.16. The van der Waals surface area contributed by atoms with Crippen LogP contribution in [-0.4, -0.2) is 12.6 Å². The molecule has 3 unspecified atom stereocenters. The van der Waals surface area contributed by atoms with Gasteiger partial charge >= 0.3 is 0 Å². The van der Waals surface area contributed by atoms with Crippen molar-refractivity contribution in [1.82, 2.24) is 5.32 Å². The van der Waals surface area contributed by atoms with Crippen LogP contribution in [0.1, 0.15) is 73.1 Å². The van der Waals surface area contributed by atoms with Gasteiger partial charge in [-0.25, -0.2) is 0 Å². The van der Waals surface area contributed by atoms with Gasteiger partial charge in [-0.1, -0.05) is 53.4 Å². The van der Waals surface area contributed by atoms with Crippen LogP contribution in [0, 0.1) is 11.8 Å². The number of hydrogen-bond donors (Lipinski definition) is 1. The summed E-state index contributed by atoms with van der Waals surface area (Å²) in [6, 6.07) is 0.677. The first-order valence-electron chi connectivity index (χ1n) is 7.38. The SMILES string of the molecule is CCCCC(CC)CC(C)C(C)NCCC. The second-order valence-corrected chi connectivity index (χ2v) is 5.37. The van der Waals surface area contributed by atoms with Crippen LogP contribution >= 0.6 is 0 Å². The molecule has 0 aromatic carbocycles. The van der Waals surface area contributed by atoms with Gasteiger partial charge in [0.2, 0.25) is 0 Å². The monoisotopic (exact) mass is 227 g/mol. The van der Waals surface area contributed by atoms with Crippen molar-refractivity contribution in [2.24, 2.45) is 11.8 Å². The summed E-state index contributed by atoms with van der Waals surface area (Å²) in [4.78, 5) is 0. The van der Waals surface area contributed by atoms with Gasteiger partial charge in [0, 0.05) is 6.04 Å². The summed E-state index contributed by atoms with van der Waals surface area (Å²) in [5, 5.41) is 3.62. The van der Waals surface area contributed by atoms with E-state index >= 15 is 0 Å². The third kappa shape index (κ3) is 7.27. The molecular weight excluding hydrogens is 194 g/mol. The predicted molar refractivity (Wildman–Crippen MR) is 74.8 cm³/mol. The minimum Gasteiger partial charge on any atom is -0.314 e. The zero-order valence-electron chi connectivity index (χ0n) is 12.2. The van der Waals surface area contributed by atoms with Gasteiger partial charge in [-0.05, 0) is 38.1 Å². The number of nitrogens with one attached hydrogen (secondary N) is 1. The first kappa shape index (κ1) is 16.0. The van der Waals surface area contributed by atoms with Gasteiger partial charge in [0.25, 0.3) is 0 Å². The lowest BCUT2D eigenvalue weighted by Gasteiger charge is -2.25. The van der Waals surface area contributed by atoms with Crippen molar-refractivity contribution in [2.45, 2.75) is 79.2 Å². The maximum absolute atomic E-state index is 3.62.